The van der Waals surface area contributed by atoms with Gasteiger partial charge < -0.3 is 4.57 Å². The Labute approximate surface area is 114 Å². The fraction of sp³-hybridized carbons (Fsp3) is 0.455. The molecule has 2 aromatic heterocycles. The molecule has 1 saturated carbocycles. The first-order valence-electron chi connectivity index (χ1n) is 5.72. The molecular weight excluding hydrogens is 270 g/mol. The summed E-state index contributed by atoms with van der Waals surface area (Å²) in [6.45, 7) is 1.92. The van der Waals surface area contributed by atoms with Gasteiger partial charge in [0, 0.05) is 19.0 Å². The van der Waals surface area contributed by atoms with E-state index in [-0.39, 0.29) is 0 Å². The minimum atomic E-state index is 0.490. The Balaban J connectivity index is 1.90. The molecule has 5 nitrogen and oxygen atoms in total. The first kappa shape index (κ1) is 11.9. The van der Waals surface area contributed by atoms with E-state index in [2.05, 4.69) is 20.2 Å². The van der Waals surface area contributed by atoms with Gasteiger partial charge in [-0.25, -0.2) is 9.97 Å². The van der Waals surface area contributed by atoms with Gasteiger partial charge in [0.25, 0.3) is 0 Å². The normalized spacial score (nSPS) is 15.1. The highest BCUT2D eigenvalue weighted by atomic mass is 35.5. The lowest BCUT2D eigenvalue weighted by molar-refractivity contribution is 0.763. The van der Waals surface area contributed by atoms with Gasteiger partial charge in [-0.05, 0) is 31.5 Å². The van der Waals surface area contributed by atoms with E-state index in [9.17, 15) is 0 Å². The lowest BCUT2D eigenvalue weighted by atomic mass is 10.4. The lowest BCUT2D eigenvalue weighted by Gasteiger charge is -2.03. The second-order valence-corrected chi connectivity index (χ2v) is 5.73. The van der Waals surface area contributed by atoms with Gasteiger partial charge in [0.15, 0.2) is 5.16 Å². The minimum absolute atomic E-state index is 0.490. The van der Waals surface area contributed by atoms with E-state index in [0.29, 0.717) is 11.1 Å². The minimum Gasteiger partial charge on any atom is -0.309 e. The molecule has 0 amide bonds. The lowest BCUT2D eigenvalue weighted by Crippen LogP contribution is -1.97. The molecule has 18 heavy (non-hydrogen) atoms. The van der Waals surface area contributed by atoms with Gasteiger partial charge in [-0.3, -0.25) is 0 Å². The van der Waals surface area contributed by atoms with E-state index in [1.807, 2.05) is 18.5 Å². The van der Waals surface area contributed by atoms with E-state index in [4.69, 9.17) is 11.6 Å². The van der Waals surface area contributed by atoms with Crippen molar-refractivity contribution in [3.8, 4) is 0 Å². The Hall–Kier alpha value is -1.14. The van der Waals surface area contributed by atoms with Crippen molar-refractivity contribution in [2.75, 3.05) is 0 Å². The summed E-state index contributed by atoms with van der Waals surface area (Å²) in [5.41, 5.74) is 0. The molecule has 3 rings (SSSR count). The zero-order chi connectivity index (χ0) is 12.7. The number of nitrogens with zero attached hydrogens (tertiary/aromatic N) is 5. The molecular formula is C11H12ClN5S. The Morgan fingerprint density at radius 2 is 2.11 bits per heavy atom. The zero-order valence-corrected chi connectivity index (χ0v) is 11.7. The molecule has 0 atom stereocenters. The van der Waals surface area contributed by atoms with Crippen LogP contribution in [0.4, 0.5) is 0 Å². The third-order valence-electron chi connectivity index (χ3n) is 2.88. The molecule has 0 bridgehead atoms. The molecule has 94 valence electrons. The molecule has 0 saturated heterocycles. The van der Waals surface area contributed by atoms with Crippen LogP contribution in [-0.2, 0) is 7.05 Å². The van der Waals surface area contributed by atoms with Crippen molar-refractivity contribution in [2.24, 2.45) is 7.05 Å². The average Bonchev–Trinajstić information content (AvgIpc) is 3.12. The van der Waals surface area contributed by atoms with Gasteiger partial charge in [-0.15, -0.1) is 10.2 Å². The maximum Gasteiger partial charge on any atom is 0.197 e. The van der Waals surface area contributed by atoms with E-state index in [0.717, 1.165) is 34.7 Å². The van der Waals surface area contributed by atoms with Gasteiger partial charge in [-0.2, -0.15) is 0 Å². The summed E-state index contributed by atoms with van der Waals surface area (Å²) in [6.07, 6.45) is 2.32. The van der Waals surface area contributed by atoms with Gasteiger partial charge >= 0.3 is 0 Å². The maximum atomic E-state index is 6.03. The summed E-state index contributed by atoms with van der Waals surface area (Å²) in [7, 11) is 1.93. The maximum absolute atomic E-state index is 6.03. The first-order chi connectivity index (χ1) is 8.63. The summed E-state index contributed by atoms with van der Waals surface area (Å²) in [5, 5.41) is 10.3. The molecule has 2 heterocycles. The second kappa shape index (κ2) is 4.51. The molecule has 0 unspecified atom stereocenters. The van der Waals surface area contributed by atoms with E-state index in [1.54, 1.807) is 6.07 Å². The van der Waals surface area contributed by atoms with Gasteiger partial charge in [0.05, 0.1) is 0 Å². The van der Waals surface area contributed by atoms with Gasteiger partial charge in [0.1, 0.15) is 21.8 Å². The third kappa shape index (κ3) is 2.35. The van der Waals surface area contributed by atoms with Crippen LogP contribution >= 0.6 is 23.4 Å². The van der Waals surface area contributed by atoms with E-state index < -0.39 is 0 Å². The number of aryl methyl sites for hydroxylation is 1. The van der Waals surface area contributed by atoms with Crippen LogP contribution in [0.3, 0.4) is 0 Å². The van der Waals surface area contributed by atoms with Crippen molar-refractivity contribution in [1.29, 1.82) is 0 Å². The second-order valence-electron chi connectivity index (χ2n) is 4.35. The summed E-state index contributed by atoms with van der Waals surface area (Å²) in [4.78, 5) is 8.79. The molecule has 0 radical (unpaired) electrons. The predicted molar refractivity (Wildman–Crippen MR) is 68.9 cm³/mol. The van der Waals surface area contributed by atoms with Crippen LogP contribution in [0.25, 0.3) is 0 Å². The number of hydrogen-bond acceptors (Lipinski definition) is 5. The monoisotopic (exact) mass is 281 g/mol. The topological polar surface area (TPSA) is 56.5 Å². The van der Waals surface area contributed by atoms with Crippen LogP contribution in [-0.4, -0.2) is 24.7 Å². The van der Waals surface area contributed by atoms with E-state index in [1.165, 1.54) is 11.8 Å². The fourth-order valence-electron chi connectivity index (χ4n) is 1.56. The molecule has 0 aromatic carbocycles. The smallest absolute Gasteiger partial charge is 0.197 e. The number of halogens is 1. The van der Waals surface area contributed by atoms with Crippen LogP contribution in [0.5, 0.6) is 0 Å². The highest BCUT2D eigenvalue weighted by Crippen LogP contribution is 2.39. The average molecular weight is 282 g/mol. The SMILES string of the molecule is Cc1nnc(Sc2cc(Cl)nc(C3CC3)n2)n1C. The molecule has 2 aromatic rings. The van der Waals surface area contributed by atoms with Crippen LogP contribution in [0.1, 0.15) is 30.4 Å². The Bertz CT molecular complexity index is 593. The number of rotatable bonds is 3. The number of aromatic nitrogens is 5. The highest BCUT2D eigenvalue weighted by Gasteiger charge is 2.27. The highest BCUT2D eigenvalue weighted by molar-refractivity contribution is 7.99. The van der Waals surface area contributed by atoms with Crippen molar-refractivity contribution in [1.82, 2.24) is 24.7 Å². The quantitative estimate of drug-likeness (QED) is 0.810. The molecule has 0 spiro atoms. The van der Waals surface area contributed by atoms with Crippen molar-refractivity contribution < 1.29 is 0 Å². The summed E-state index contributed by atoms with van der Waals surface area (Å²) in [6, 6.07) is 1.77. The molecule has 0 aliphatic heterocycles. The van der Waals surface area contributed by atoms with Crippen molar-refractivity contribution in [3.63, 3.8) is 0 Å². The summed E-state index contributed by atoms with van der Waals surface area (Å²) < 4.78 is 1.93. The standard InChI is InChI=1S/C11H12ClN5S/c1-6-15-16-11(17(6)2)18-9-5-8(12)13-10(14-9)7-3-4-7/h5,7H,3-4H2,1-2H3. The fourth-order valence-corrected chi connectivity index (χ4v) is 2.66. The molecule has 7 heteroatoms. The predicted octanol–water partition coefficient (Wildman–Crippen LogP) is 2.60. The van der Waals surface area contributed by atoms with Gasteiger partial charge in [0.2, 0.25) is 0 Å². The van der Waals surface area contributed by atoms with Gasteiger partial charge in [-0.1, -0.05) is 11.6 Å². The molecule has 0 N–H and O–H groups in total. The van der Waals surface area contributed by atoms with Crippen LogP contribution in [0.2, 0.25) is 5.15 Å². The Morgan fingerprint density at radius 3 is 2.72 bits per heavy atom. The Kier molecular flexibility index (Phi) is 2.99. The summed E-state index contributed by atoms with van der Waals surface area (Å²) >= 11 is 7.49. The van der Waals surface area contributed by atoms with Crippen molar-refractivity contribution in [2.45, 2.75) is 35.9 Å². The van der Waals surface area contributed by atoms with Crippen LogP contribution < -0.4 is 0 Å². The van der Waals surface area contributed by atoms with Crippen molar-refractivity contribution >= 4 is 23.4 Å². The van der Waals surface area contributed by atoms with Crippen molar-refractivity contribution in [3.05, 3.63) is 22.9 Å². The summed E-state index contributed by atoms with van der Waals surface area (Å²) in [5.74, 6) is 2.22. The van der Waals surface area contributed by atoms with Crippen LogP contribution in [0.15, 0.2) is 16.2 Å². The van der Waals surface area contributed by atoms with E-state index >= 15 is 0 Å². The largest absolute Gasteiger partial charge is 0.309 e. The first-order valence-corrected chi connectivity index (χ1v) is 6.91. The molecule has 1 aliphatic rings. The zero-order valence-electron chi connectivity index (χ0n) is 10.1. The molecule has 1 aliphatic carbocycles. The molecule has 1 fully saturated rings. The Morgan fingerprint density at radius 1 is 1.33 bits per heavy atom. The third-order valence-corrected chi connectivity index (χ3v) is 4.03. The van der Waals surface area contributed by atoms with Crippen LogP contribution in [0, 0.1) is 6.92 Å². The number of hydrogen-bond donors (Lipinski definition) is 0.